The maximum Gasteiger partial charge on any atom is 0.0674 e. The molecule has 2 N–H and O–H groups in total. The smallest absolute Gasteiger partial charge is 0.0674 e. The van der Waals surface area contributed by atoms with Crippen LogP contribution in [0.25, 0.3) is 0 Å². The summed E-state index contributed by atoms with van der Waals surface area (Å²) in [7, 11) is 0. The third-order valence-corrected chi connectivity index (χ3v) is 3.89. The molecule has 2 nitrogen and oxygen atoms in total. The highest BCUT2D eigenvalue weighted by atomic mass is 15.2. The van der Waals surface area contributed by atoms with E-state index in [0.29, 0.717) is 0 Å². The van der Waals surface area contributed by atoms with Gasteiger partial charge in [-0.15, -0.1) is 0 Å². The molecule has 0 aromatic heterocycles. The highest BCUT2D eigenvalue weighted by Gasteiger charge is 2.20. The van der Waals surface area contributed by atoms with Crippen LogP contribution in [0, 0.1) is 13.8 Å². The molecule has 1 aliphatic rings. The number of nitrogens with zero attached hydrogens (tertiary/aromatic N) is 1. The minimum absolute atomic E-state index is 0.869. The van der Waals surface area contributed by atoms with E-state index in [2.05, 4.69) is 43.0 Å². The molecule has 0 bridgehead atoms. The van der Waals surface area contributed by atoms with Crippen LogP contribution in [-0.2, 0) is 6.42 Å². The minimum atomic E-state index is 0.869. The van der Waals surface area contributed by atoms with Gasteiger partial charge < -0.3 is 10.6 Å². The maximum absolute atomic E-state index is 6.20. The zero-order valence-corrected chi connectivity index (χ0v) is 11.6. The molecule has 0 atom stereocenters. The van der Waals surface area contributed by atoms with E-state index in [1.807, 2.05) is 12.1 Å². The van der Waals surface area contributed by atoms with E-state index in [0.717, 1.165) is 12.2 Å². The van der Waals surface area contributed by atoms with Gasteiger partial charge in [-0.25, -0.2) is 0 Å². The Labute approximate surface area is 114 Å². The lowest BCUT2D eigenvalue weighted by Gasteiger charge is -2.33. The molecule has 2 aromatic carbocycles. The van der Waals surface area contributed by atoms with Gasteiger partial charge in [-0.05, 0) is 49.9 Å². The number of benzene rings is 2. The van der Waals surface area contributed by atoms with E-state index in [1.165, 1.54) is 40.9 Å². The van der Waals surface area contributed by atoms with Crippen molar-refractivity contribution in [1.82, 2.24) is 0 Å². The van der Waals surface area contributed by atoms with Gasteiger partial charge in [0, 0.05) is 12.2 Å². The molecule has 0 radical (unpaired) electrons. The molecule has 0 spiro atoms. The number of para-hydroxylation sites is 1. The number of rotatable bonds is 1. The summed E-state index contributed by atoms with van der Waals surface area (Å²) in [6.07, 6.45) is 2.35. The van der Waals surface area contributed by atoms with Gasteiger partial charge in [0.15, 0.2) is 0 Å². The fourth-order valence-corrected chi connectivity index (χ4v) is 3.01. The van der Waals surface area contributed by atoms with Crippen molar-refractivity contribution in [3.05, 3.63) is 53.1 Å². The summed E-state index contributed by atoms with van der Waals surface area (Å²) in [5.74, 6) is 0. The predicted molar refractivity (Wildman–Crippen MR) is 82.1 cm³/mol. The van der Waals surface area contributed by atoms with Gasteiger partial charge in [-0.3, -0.25) is 0 Å². The quantitative estimate of drug-likeness (QED) is 0.778. The summed E-state index contributed by atoms with van der Waals surface area (Å²) < 4.78 is 0. The fraction of sp³-hybridized carbons (Fsp3) is 0.294. The van der Waals surface area contributed by atoms with E-state index in [-0.39, 0.29) is 0 Å². The van der Waals surface area contributed by atoms with Crippen molar-refractivity contribution in [2.45, 2.75) is 26.7 Å². The third kappa shape index (κ3) is 2.07. The molecule has 98 valence electrons. The van der Waals surface area contributed by atoms with Crippen LogP contribution in [0.15, 0.2) is 36.4 Å². The zero-order chi connectivity index (χ0) is 13.4. The molecule has 0 amide bonds. The SMILES string of the molecule is Cc1ccc2c(c1)CCCN2c1c(C)cccc1N. The summed E-state index contributed by atoms with van der Waals surface area (Å²) in [6, 6.07) is 12.9. The van der Waals surface area contributed by atoms with Crippen LogP contribution in [0.4, 0.5) is 17.1 Å². The average Bonchev–Trinajstić information content (AvgIpc) is 2.38. The van der Waals surface area contributed by atoms with Crippen molar-refractivity contribution in [2.24, 2.45) is 0 Å². The maximum atomic E-state index is 6.20. The lowest BCUT2D eigenvalue weighted by Crippen LogP contribution is -2.26. The van der Waals surface area contributed by atoms with E-state index in [4.69, 9.17) is 5.73 Å². The Morgan fingerprint density at radius 3 is 2.74 bits per heavy atom. The standard InChI is InChI=1S/C17H20N2/c1-12-8-9-16-14(11-12)6-4-10-19(16)17-13(2)5-3-7-15(17)18/h3,5,7-9,11H,4,6,10,18H2,1-2H3. The molecule has 19 heavy (non-hydrogen) atoms. The molecule has 0 unspecified atom stereocenters. The summed E-state index contributed by atoms with van der Waals surface area (Å²) in [4.78, 5) is 2.38. The van der Waals surface area contributed by atoms with Crippen LogP contribution in [0.3, 0.4) is 0 Å². The second kappa shape index (κ2) is 4.61. The van der Waals surface area contributed by atoms with Gasteiger partial charge in [0.05, 0.1) is 11.4 Å². The van der Waals surface area contributed by atoms with Crippen LogP contribution in [0.1, 0.15) is 23.1 Å². The third-order valence-electron chi connectivity index (χ3n) is 3.89. The van der Waals surface area contributed by atoms with Gasteiger partial charge in [-0.1, -0.05) is 29.8 Å². The second-order valence-electron chi connectivity index (χ2n) is 5.40. The van der Waals surface area contributed by atoms with Gasteiger partial charge >= 0.3 is 0 Å². The highest BCUT2D eigenvalue weighted by molar-refractivity contribution is 5.79. The van der Waals surface area contributed by atoms with Crippen LogP contribution < -0.4 is 10.6 Å². The van der Waals surface area contributed by atoms with Crippen LogP contribution in [0.2, 0.25) is 0 Å². The Hall–Kier alpha value is -1.96. The van der Waals surface area contributed by atoms with Gasteiger partial charge in [0.2, 0.25) is 0 Å². The van der Waals surface area contributed by atoms with Crippen molar-refractivity contribution >= 4 is 17.1 Å². The molecular formula is C17H20N2. The van der Waals surface area contributed by atoms with Crippen molar-refractivity contribution in [2.75, 3.05) is 17.2 Å². The molecule has 3 rings (SSSR count). The monoisotopic (exact) mass is 252 g/mol. The summed E-state index contributed by atoms with van der Waals surface area (Å²) in [5, 5.41) is 0. The Morgan fingerprint density at radius 2 is 1.95 bits per heavy atom. The summed E-state index contributed by atoms with van der Waals surface area (Å²) in [5.41, 5.74) is 13.6. The van der Waals surface area contributed by atoms with Crippen molar-refractivity contribution in [3.63, 3.8) is 0 Å². The Bertz CT molecular complexity index is 596. The summed E-state index contributed by atoms with van der Waals surface area (Å²) in [6.45, 7) is 5.33. The van der Waals surface area contributed by atoms with Crippen LogP contribution in [-0.4, -0.2) is 6.54 Å². The first-order valence-electron chi connectivity index (χ1n) is 6.89. The highest BCUT2D eigenvalue weighted by Crippen LogP contribution is 2.38. The molecule has 0 fully saturated rings. The lowest BCUT2D eigenvalue weighted by molar-refractivity contribution is 0.765. The molecule has 0 saturated carbocycles. The molecule has 2 aromatic rings. The molecule has 1 heterocycles. The van der Waals surface area contributed by atoms with Crippen LogP contribution in [0.5, 0.6) is 0 Å². The van der Waals surface area contributed by atoms with E-state index < -0.39 is 0 Å². The first-order valence-corrected chi connectivity index (χ1v) is 6.89. The van der Waals surface area contributed by atoms with E-state index in [9.17, 15) is 0 Å². The largest absolute Gasteiger partial charge is 0.397 e. The lowest BCUT2D eigenvalue weighted by atomic mass is 9.98. The van der Waals surface area contributed by atoms with Gasteiger partial charge in [0.1, 0.15) is 0 Å². The predicted octanol–water partition coefficient (Wildman–Crippen LogP) is 3.97. The zero-order valence-electron chi connectivity index (χ0n) is 11.6. The molecule has 2 heteroatoms. The minimum Gasteiger partial charge on any atom is -0.397 e. The number of nitrogens with two attached hydrogens (primary N) is 1. The van der Waals surface area contributed by atoms with E-state index >= 15 is 0 Å². The number of nitrogen functional groups attached to an aromatic ring is 1. The second-order valence-corrected chi connectivity index (χ2v) is 5.40. The number of anilines is 3. The molecule has 1 aliphatic heterocycles. The first-order chi connectivity index (χ1) is 9.16. The first kappa shape index (κ1) is 12.1. The number of hydrogen-bond acceptors (Lipinski definition) is 2. The van der Waals surface area contributed by atoms with Crippen molar-refractivity contribution in [1.29, 1.82) is 0 Å². The van der Waals surface area contributed by atoms with Gasteiger partial charge in [-0.2, -0.15) is 0 Å². The van der Waals surface area contributed by atoms with Crippen molar-refractivity contribution < 1.29 is 0 Å². The number of fused-ring (bicyclic) bond motifs is 1. The summed E-state index contributed by atoms with van der Waals surface area (Å²) >= 11 is 0. The van der Waals surface area contributed by atoms with E-state index in [1.54, 1.807) is 0 Å². The molecule has 0 saturated heterocycles. The van der Waals surface area contributed by atoms with Crippen LogP contribution >= 0.6 is 0 Å². The molecular weight excluding hydrogens is 232 g/mol. The van der Waals surface area contributed by atoms with Crippen molar-refractivity contribution in [3.8, 4) is 0 Å². The number of aryl methyl sites for hydroxylation is 3. The Morgan fingerprint density at radius 1 is 1.11 bits per heavy atom. The number of hydrogen-bond donors (Lipinski definition) is 1. The Kier molecular flexibility index (Phi) is 2.94. The fourth-order valence-electron chi connectivity index (χ4n) is 3.01. The molecule has 0 aliphatic carbocycles. The van der Waals surface area contributed by atoms with Gasteiger partial charge in [0.25, 0.3) is 0 Å². The average molecular weight is 252 g/mol. The normalized spacial score (nSPS) is 14.3. The topological polar surface area (TPSA) is 29.3 Å². The Balaban J connectivity index is 2.14.